The quantitative estimate of drug-likeness (QED) is 0.860. The van der Waals surface area contributed by atoms with Crippen molar-refractivity contribution in [3.05, 3.63) is 58.6 Å². The Kier molecular flexibility index (Phi) is 3.71. The van der Waals surface area contributed by atoms with Gasteiger partial charge in [0, 0.05) is 5.56 Å². The van der Waals surface area contributed by atoms with Gasteiger partial charge in [0.05, 0.1) is 10.7 Å². The average molecular weight is 287 g/mol. The van der Waals surface area contributed by atoms with E-state index in [0.29, 0.717) is 0 Å². The summed E-state index contributed by atoms with van der Waals surface area (Å²) < 4.78 is 38.7. The molecular formula is C12H6ClF3N2O. The van der Waals surface area contributed by atoms with Crippen LogP contribution in [-0.4, -0.2) is 10.9 Å². The van der Waals surface area contributed by atoms with Crippen molar-refractivity contribution in [2.45, 2.75) is 0 Å². The summed E-state index contributed by atoms with van der Waals surface area (Å²) in [4.78, 5) is 14.7. The van der Waals surface area contributed by atoms with Crippen LogP contribution in [0.3, 0.4) is 0 Å². The van der Waals surface area contributed by atoms with E-state index in [4.69, 9.17) is 11.6 Å². The SMILES string of the molecule is O=C(Nc1ccc(F)nc1F)c1ccc(F)c(Cl)c1. The van der Waals surface area contributed by atoms with E-state index in [1.54, 1.807) is 0 Å². The lowest BCUT2D eigenvalue weighted by atomic mass is 10.2. The van der Waals surface area contributed by atoms with Gasteiger partial charge in [0.25, 0.3) is 5.91 Å². The van der Waals surface area contributed by atoms with E-state index in [-0.39, 0.29) is 16.3 Å². The molecule has 2 rings (SSSR count). The molecule has 0 saturated heterocycles. The molecule has 1 aromatic heterocycles. The summed E-state index contributed by atoms with van der Waals surface area (Å²) in [7, 11) is 0. The van der Waals surface area contributed by atoms with Crippen molar-refractivity contribution >= 4 is 23.2 Å². The van der Waals surface area contributed by atoms with Crippen LogP contribution in [0.15, 0.2) is 30.3 Å². The van der Waals surface area contributed by atoms with Crippen molar-refractivity contribution in [2.24, 2.45) is 0 Å². The third-order valence-corrected chi connectivity index (χ3v) is 2.53. The fourth-order valence-corrected chi connectivity index (χ4v) is 1.52. The fourth-order valence-electron chi connectivity index (χ4n) is 1.34. The predicted octanol–water partition coefficient (Wildman–Crippen LogP) is 3.40. The molecule has 19 heavy (non-hydrogen) atoms. The molecule has 1 N–H and O–H groups in total. The first-order valence-electron chi connectivity index (χ1n) is 5.06. The second kappa shape index (κ2) is 5.27. The number of rotatable bonds is 2. The van der Waals surface area contributed by atoms with Gasteiger partial charge in [-0.15, -0.1) is 0 Å². The summed E-state index contributed by atoms with van der Waals surface area (Å²) in [5.74, 6) is -3.54. The molecule has 0 spiro atoms. The number of amides is 1. The fraction of sp³-hybridized carbons (Fsp3) is 0. The summed E-state index contributed by atoms with van der Waals surface area (Å²) in [5.41, 5.74) is -0.248. The van der Waals surface area contributed by atoms with Gasteiger partial charge in [-0.2, -0.15) is 13.8 Å². The third-order valence-electron chi connectivity index (χ3n) is 2.24. The van der Waals surface area contributed by atoms with Gasteiger partial charge in [-0.3, -0.25) is 4.79 Å². The highest BCUT2D eigenvalue weighted by atomic mass is 35.5. The number of pyridine rings is 1. The summed E-state index contributed by atoms with van der Waals surface area (Å²) >= 11 is 5.52. The molecule has 1 heterocycles. The number of carbonyl (C=O) groups is 1. The Morgan fingerprint density at radius 2 is 1.89 bits per heavy atom. The first-order valence-corrected chi connectivity index (χ1v) is 5.43. The monoisotopic (exact) mass is 286 g/mol. The van der Waals surface area contributed by atoms with Crippen molar-refractivity contribution in [3.63, 3.8) is 0 Å². The van der Waals surface area contributed by atoms with Gasteiger partial charge in [0.1, 0.15) is 5.82 Å². The Labute approximate surface area is 111 Å². The Hall–Kier alpha value is -2.08. The van der Waals surface area contributed by atoms with Crippen LogP contribution in [0.5, 0.6) is 0 Å². The van der Waals surface area contributed by atoms with E-state index in [9.17, 15) is 18.0 Å². The number of hydrogen-bond acceptors (Lipinski definition) is 2. The van der Waals surface area contributed by atoms with Gasteiger partial charge < -0.3 is 5.32 Å². The zero-order chi connectivity index (χ0) is 14.0. The number of hydrogen-bond donors (Lipinski definition) is 1. The molecule has 2 aromatic rings. The topological polar surface area (TPSA) is 42.0 Å². The van der Waals surface area contributed by atoms with Crippen molar-refractivity contribution < 1.29 is 18.0 Å². The van der Waals surface area contributed by atoms with E-state index in [0.717, 1.165) is 24.3 Å². The molecule has 1 aromatic carbocycles. The summed E-state index contributed by atoms with van der Waals surface area (Å²) in [6, 6.07) is 5.22. The lowest BCUT2D eigenvalue weighted by Crippen LogP contribution is -2.13. The minimum absolute atomic E-state index is 0.0372. The molecule has 0 unspecified atom stereocenters. The molecule has 0 aliphatic carbocycles. The van der Waals surface area contributed by atoms with Crippen LogP contribution in [0.2, 0.25) is 5.02 Å². The Morgan fingerprint density at radius 1 is 1.16 bits per heavy atom. The highest BCUT2D eigenvalue weighted by Gasteiger charge is 2.12. The molecule has 98 valence electrons. The number of nitrogens with zero attached hydrogens (tertiary/aromatic N) is 1. The highest BCUT2D eigenvalue weighted by molar-refractivity contribution is 6.31. The van der Waals surface area contributed by atoms with Crippen LogP contribution in [0, 0.1) is 17.7 Å². The number of halogens is 4. The maximum Gasteiger partial charge on any atom is 0.255 e. The van der Waals surface area contributed by atoms with E-state index >= 15 is 0 Å². The number of aromatic nitrogens is 1. The maximum atomic E-state index is 13.2. The van der Waals surface area contributed by atoms with Gasteiger partial charge in [0.2, 0.25) is 11.9 Å². The molecule has 0 aliphatic heterocycles. The highest BCUT2D eigenvalue weighted by Crippen LogP contribution is 2.18. The van der Waals surface area contributed by atoms with Crippen molar-refractivity contribution in [1.29, 1.82) is 0 Å². The van der Waals surface area contributed by atoms with Crippen molar-refractivity contribution in [1.82, 2.24) is 4.98 Å². The van der Waals surface area contributed by atoms with Crippen LogP contribution < -0.4 is 5.32 Å². The van der Waals surface area contributed by atoms with Gasteiger partial charge in [-0.25, -0.2) is 4.39 Å². The predicted molar refractivity (Wildman–Crippen MR) is 63.5 cm³/mol. The molecule has 0 aliphatic rings. The number of anilines is 1. The smallest absolute Gasteiger partial charge is 0.255 e. The minimum atomic E-state index is -1.15. The zero-order valence-corrected chi connectivity index (χ0v) is 10.0. The molecular weight excluding hydrogens is 281 g/mol. The van der Waals surface area contributed by atoms with Crippen molar-refractivity contribution in [2.75, 3.05) is 5.32 Å². The van der Waals surface area contributed by atoms with E-state index in [2.05, 4.69) is 10.3 Å². The second-order valence-corrected chi connectivity index (χ2v) is 3.96. The standard InChI is InChI=1S/C12H6ClF3N2O/c13-7-5-6(1-2-8(7)14)12(19)17-9-3-4-10(15)18-11(9)16/h1-5H,(H,17,19). The molecule has 0 radical (unpaired) electrons. The molecule has 0 fully saturated rings. The molecule has 0 atom stereocenters. The van der Waals surface area contributed by atoms with Gasteiger partial charge in [0.15, 0.2) is 0 Å². The van der Waals surface area contributed by atoms with Crippen LogP contribution in [0.25, 0.3) is 0 Å². The van der Waals surface area contributed by atoms with E-state index in [1.165, 1.54) is 6.07 Å². The van der Waals surface area contributed by atoms with E-state index in [1.807, 2.05) is 0 Å². The van der Waals surface area contributed by atoms with Crippen LogP contribution >= 0.6 is 11.6 Å². The summed E-state index contributed by atoms with van der Waals surface area (Å²) in [6.07, 6.45) is 0. The molecule has 3 nitrogen and oxygen atoms in total. The zero-order valence-electron chi connectivity index (χ0n) is 9.25. The molecule has 1 amide bonds. The van der Waals surface area contributed by atoms with Crippen LogP contribution in [-0.2, 0) is 0 Å². The number of benzene rings is 1. The Bertz CT molecular complexity index is 649. The molecule has 0 bridgehead atoms. The maximum absolute atomic E-state index is 13.2. The average Bonchev–Trinajstić information content (AvgIpc) is 2.36. The Morgan fingerprint density at radius 3 is 2.53 bits per heavy atom. The molecule has 0 saturated carbocycles. The lowest BCUT2D eigenvalue weighted by molar-refractivity contribution is 0.102. The second-order valence-electron chi connectivity index (χ2n) is 3.56. The van der Waals surface area contributed by atoms with Crippen LogP contribution in [0.1, 0.15) is 10.4 Å². The summed E-state index contributed by atoms with van der Waals surface area (Å²) in [5, 5.41) is 1.95. The Balaban J connectivity index is 2.23. The largest absolute Gasteiger partial charge is 0.318 e. The van der Waals surface area contributed by atoms with E-state index < -0.39 is 23.6 Å². The number of carbonyl (C=O) groups excluding carboxylic acids is 1. The minimum Gasteiger partial charge on any atom is -0.318 e. The van der Waals surface area contributed by atoms with Gasteiger partial charge in [-0.05, 0) is 30.3 Å². The van der Waals surface area contributed by atoms with Crippen molar-refractivity contribution in [3.8, 4) is 0 Å². The number of nitrogens with one attached hydrogen (secondary N) is 1. The van der Waals surface area contributed by atoms with Gasteiger partial charge in [-0.1, -0.05) is 11.6 Å². The first-order chi connectivity index (χ1) is 8.97. The lowest BCUT2D eigenvalue weighted by Gasteiger charge is -2.06. The van der Waals surface area contributed by atoms with Gasteiger partial charge >= 0.3 is 0 Å². The summed E-state index contributed by atoms with van der Waals surface area (Å²) in [6.45, 7) is 0. The first kappa shape index (κ1) is 13.4. The third kappa shape index (κ3) is 3.03. The molecule has 7 heteroatoms. The van der Waals surface area contributed by atoms with Crippen LogP contribution in [0.4, 0.5) is 18.9 Å². The normalized spacial score (nSPS) is 10.3.